The van der Waals surface area contributed by atoms with Gasteiger partial charge in [0.15, 0.2) is 0 Å². The van der Waals surface area contributed by atoms with Gasteiger partial charge in [0.2, 0.25) is 10.1 Å². The summed E-state index contributed by atoms with van der Waals surface area (Å²) in [5.41, 5.74) is 0. The molecule has 0 N–H and O–H groups in total. The van der Waals surface area contributed by atoms with Gasteiger partial charge in [-0.15, -0.1) is 0 Å². The minimum atomic E-state index is 0. The molecule has 0 fully saturated rings. The van der Waals surface area contributed by atoms with Crippen molar-refractivity contribution < 1.29 is 43.9 Å². The van der Waals surface area contributed by atoms with Gasteiger partial charge in [-0.25, -0.2) is 0 Å². The first-order valence-electron chi connectivity index (χ1n) is 0.289. The zero-order valence-electron chi connectivity index (χ0n) is 4.91. The standard InChI is InChI=1S/Mg.Mn.H2OSi.Zn.2H/c;;1-2;;;/h;;2H2;;;/q+2;;;;2*-1. The van der Waals surface area contributed by atoms with E-state index >= 15 is 0 Å². The van der Waals surface area contributed by atoms with Crippen LogP contribution in [0.4, 0.5) is 0 Å². The predicted octanol–water partition coefficient (Wildman–Crippen LogP) is -1.20. The van der Waals surface area contributed by atoms with Gasteiger partial charge in [-0.05, 0) is 0 Å². The summed E-state index contributed by atoms with van der Waals surface area (Å²) in [5, 5.41) is 0. The molecule has 0 aromatic carbocycles. The van der Waals surface area contributed by atoms with E-state index < -0.39 is 0 Å². The zero-order valence-corrected chi connectivity index (χ0v) is 9.88. The fraction of sp³-hybridized carbons (Fsp3) is 0. The minimum absolute atomic E-state index is 0. The van der Waals surface area contributed by atoms with Crippen LogP contribution in [0.5, 0.6) is 0 Å². The van der Waals surface area contributed by atoms with Gasteiger partial charge >= 0.3 is 23.1 Å². The quantitative estimate of drug-likeness (QED) is 0.441. The molecule has 0 aliphatic carbocycles. The molecule has 0 unspecified atom stereocenters. The maximum atomic E-state index is 8.28. The normalized spacial score (nSPS) is 0.800. The topological polar surface area (TPSA) is 17.1 Å². The van der Waals surface area contributed by atoms with Crippen LogP contribution in [0.15, 0.2) is 0 Å². The van der Waals surface area contributed by atoms with Crippen molar-refractivity contribution >= 4 is 33.2 Å². The van der Waals surface area contributed by atoms with Gasteiger partial charge in [-0.1, -0.05) is 0 Å². The van der Waals surface area contributed by atoms with Crippen molar-refractivity contribution in [2.45, 2.75) is 0 Å². The maximum absolute atomic E-state index is 8.28. The van der Waals surface area contributed by atoms with Crippen LogP contribution in [-0.2, 0) is 41.0 Å². The molecule has 0 aromatic rings. The molecule has 0 aliphatic rings. The molecule has 0 aromatic heterocycles. The third kappa shape index (κ3) is 24.6. The Hall–Kier alpha value is 1.93. The van der Waals surface area contributed by atoms with Crippen LogP contribution in [0.25, 0.3) is 0 Å². The number of hydrogen-bond donors (Lipinski definition) is 0. The molecule has 0 saturated heterocycles. The average molecular weight is 193 g/mol. The summed E-state index contributed by atoms with van der Waals surface area (Å²) in [6, 6.07) is 0. The van der Waals surface area contributed by atoms with Crippen molar-refractivity contribution in [2.75, 3.05) is 0 Å². The summed E-state index contributed by atoms with van der Waals surface area (Å²) in [6.07, 6.45) is 0. The molecule has 0 atom stereocenters. The number of hydrogen-bond acceptors (Lipinski definition) is 1. The smallest absolute Gasteiger partial charge is 1.00 e. The first-order chi connectivity index (χ1) is 1.00. The Bertz CT molecular complexity index is 17.7. The molecule has 0 heterocycles. The summed E-state index contributed by atoms with van der Waals surface area (Å²) >= 11 is 0. The van der Waals surface area contributed by atoms with Crippen molar-refractivity contribution in [1.82, 2.24) is 0 Å². The summed E-state index contributed by atoms with van der Waals surface area (Å²) < 4.78 is 8.28. The SMILES string of the molecule is O=[SiH2].[H-].[H-].[Mg+2].[Mn].[Zn]. The molecule has 0 aliphatic heterocycles. The second-order valence-electron chi connectivity index (χ2n) is 0. The summed E-state index contributed by atoms with van der Waals surface area (Å²) in [7, 11) is 0.611. The fourth-order valence-corrected chi connectivity index (χ4v) is 0. The first kappa shape index (κ1) is 28.4. The van der Waals surface area contributed by atoms with E-state index in [9.17, 15) is 0 Å². The third-order valence-corrected chi connectivity index (χ3v) is 0. The Morgan fingerprint density at radius 1 is 1.40 bits per heavy atom. The average Bonchev–Trinajstić information content (AvgIpc) is 1.00. The molecule has 1 nitrogen and oxygen atoms in total. The van der Waals surface area contributed by atoms with Crippen molar-refractivity contribution in [3.63, 3.8) is 0 Å². The van der Waals surface area contributed by atoms with E-state index in [4.69, 9.17) is 4.46 Å². The monoisotopic (exact) mass is 191 g/mol. The minimum Gasteiger partial charge on any atom is -1.00 e. The van der Waals surface area contributed by atoms with Crippen LogP contribution in [0.2, 0.25) is 0 Å². The third-order valence-electron chi connectivity index (χ3n) is 0. The van der Waals surface area contributed by atoms with Gasteiger partial charge in [0, 0.05) is 36.5 Å². The van der Waals surface area contributed by atoms with Crippen LogP contribution in [-0.4, -0.2) is 33.2 Å². The Morgan fingerprint density at radius 3 is 1.40 bits per heavy atom. The maximum Gasteiger partial charge on any atom is 2.00 e. The molecule has 5 heavy (non-hydrogen) atoms. The van der Waals surface area contributed by atoms with E-state index in [0.29, 0.717) is 10.1 Å². The van der Waals surface area contributed by atoms with E-state index in [1.54, 1.807) is 0 Å². The van der Waals surface area contributed by atoms with Gasteiger partial charge in [0.05, 0.1) is 0 Å². The molecule has 5 heteroatoms. The van der Waals surface area contributed by atoms with Gasteiger partial charge in [-0.3, -0.25) is 0 Å². The molecule has 0 saturated carbocycles. The van der Waals surface area contributed by atoms with Crippen LogP contribution in [0, 0.1) is 0 Å². The molecule has 25 valence electrons. The van der Waals surface area contributed by atoms with Gasteiger partial charge in [0.1, 0.15) is 0 Å². The molecular weight excluding hydrogens is 189 g/mol. The van der Waals surface area contributed by atoms with Crippen LogP contribution >= 0.6 is 0 Å². The van der Waals surface area contributed by atoms with E-state index in [0.717, 1.165) is 0 Å². The second-order valence-corrected chi connectivity index (χ2v) is 0. The predicted molar refractivity (Wildman–Crippen MR) is 17.2 cm³/mol. The van der Waals surface area contributed by atoms with Crippen molar-refractivity contribution in [3.05, 3.63) is 0 Å². The Morgan fingerprint density at radius 2 is 1.40 bits per heavy atom. The van der Waals surface area contributed by atoms with Gasteiger partial charge < -0.3 is 7.32 Å². The van der Waals surface area contributed by atoms with Crippen molar-refractivity contribution in [3.8, 4) is 0 Å². The van der Waals surface area contributed by atoms with Gasteiger partial charge in [-0.2, -0.15) is 0 Å². The van der Waals surface area contributed by atoms with Crippen LogP contribution in [0.3, 0.4) is 0 Å². The fourth-order valence-electron chi connectivity index (χ4n) is 0. The Kier molecular flexibility index (Phi) is 220. The molecule has 1 radical (unpaired) electrons. The molecule has 0 bridgehead atoms. The van der Waals surface area contributed by atoms with E-state index in [1.807, 2.05) is 0 Å². The summed E-state index contributed by atoms with van der Waals surface area (Å²) in [4.78, 5) is 0. The molecule has 0 amide bonds. The zero-order chi connectivity index (χ0) is 2.00. The Balaban J connectivity index is -0.000000000500. The van der Waals surface area contributed by atoms with Crippen molar-refractivity contribution in [1.29, 1.82) is 0 Å². The van der Waals surface area contributed by atoms with Crippen molar-refractivity contribution in [2.24, 2.45) is 0 Å². The van der Waals surface area contributed by atoms with E-state index in [2.05, 4.69) is 0 Å². The van der Waals surface area contributed by atoms with Gasteiger partial charge in [0.25, 0.3) is 0 Å². The Labute approximate surface area is 76.5 Å². The molecular formula is H4MgMnOSiZn. The van der Waals surface area contributed by atoms with E-state index in [1.165, 1.54) is 0 Å². The first-order valence-corrected chi connectivity index (χ1v) is 0.866. The number of rotatable bonds is 0. The van der Waals surface area contributed by atoms with Crippen LogP contribution in [0.1, 0.15) is 2.85 Å². The van der Waals surface area contributed by atoms with Crippen LogP contribution < -0.4 is 0 Å². The largest absolute Gasteiger partial charge is 2.00 e. The summed E-state index contributed by atoms with van der Waals surface area (Å²) in [5.74, 6) is 0. The van der Waals surface area contributed by atoms with E-state index in [-0.39, 0.29) is 62.5 Å². The summed E-state index contributed by atoms with van der Waals surface area (Å²) in [6.45, 7) is 0. The molecule has 0 spiro atoms. The second kappa shape index (κ2) is 38.8. The molecule has 0 rings (SSSR count).